The highest BCUT2D eigenvalue weighted by Crippen LogP contribution is 2.17. The van der Waals surface area contributed by atoms with Crippen molar-refractivity contribution in [2.24, 2.45) is 0 Å². The quantitative estimate of drug-likeness (QED) is 0.826. The van der Waals surface area contributed by atoms with E-state index in [0.29, 0.717) is 24.4 Å². The molecule has 3 heteroatoms. The Balaban J connectivity index is 1.76. The molecule has 1 fully saturated rings. The number of carbonyl (C=O) groups excluding carboxylic acids is 2. The number of amides is 1. The summed E-state index contributed by atoms with van der Waals surface area (Å²) in [5.41, 5.74) is 1.83. The number of hydrogen-bond acceptors (Lipinski definition) is 2. The molecule has 0 saturated heterocycles. The normalized spacial score (nSPS) is 15.4. The third kappa shape index (κ3) is 4.19. The Kier molecular flexibility index (Phi) is 4.72. The average molecular weight is 259 g/mol. The average Bonchev–Trinajstić information content (AvgIpc) is 2.89. The van der Waals surface area contributed by atoms with E-state index in [2.05, 4.69) is 5.32 Å². The molecule has 1 aliphatic rings. The lowest BCUT2D eigenvalue weighted by Gasteiger charge is -2.11. The van der Waals surface area contributed by atoms with Gasteiger partial charge in [0.05, 0.1) is 0 Å². The van der Waals surface area contributed by atoms with Crippen LogP contribution in [0.4, 0.5) is 0 Å². The lowest BCUT2D eigenvalue weighted by Crippen LogP contribution is -2.32. The maximum atomic E-state index is 11.9. The van der Waals surface area contributed by atoms with Crippen molar-refractivity contribution >= 4 is 11.7 Å². The summed E-state index contributed by atoms with van der Waals surface area (Å²) in [7, 11) is 0. The molecule has 1 aromatic carbocycles. The molecule has 0 unspecified atom stereocenters. The lowest BCUT2D eigenvalue weighted by atomic mass is 10.0. The predicted molar refractivity (Wildman–Crippen MR) is 75.1 cm³/mol. The van der Waals surface area contributed by atoms with Gasteiger partial charge in [0.15, 0.2) is 5.78 Å². The van der Waals surface area contributed by atoms with Gasteiger partial charge in [-0.25, -0.2) is 0 Å². The van der Waals surface area contributed by atoms with Gasteiger partial charge in [-0.05, 0) is 19.8 Å². The molecule has 0 heterocycles. The monoisotopic (exact) mass is 259 g/mol. The van der Waals surface area contributed by atoms with Gasteiger partial charge >= 0.3 is 0 Å². The maximum Gasteiger partial charge on any atom is 0.220 e. The molecule has 0 spiro atoms. The molecule has 1 amide bonds. The number of benzene rings is 1. The molecule has 0 atom stereocenters. The standard InChI is InChI=1S/C16H21NO2/c1-12-6-8-13(9-7-12)15(18)10-11-16(19)17-14-4-2-3-5-14/h6-9,14H,2-5,10-11H2,1H3,(H,17,19). The van der Waals surface area contributed by atoms with E-state index in [1.807, 2.05) is 31.2 Å². The molecule has 1 aromatic rings. The van der Waals surface area contributed by atoms with Crippen molar-refractivity contribution in [1.29, 1.82) is 0 Å². The highest BCUT2D eigenvalue weighted by Gasteiger charge is 2.17. The van der Waals surface area contributed by atoms with Crippen LogP contribution in [0.1, 0.15) is 54.4 Å². The second-order valence-electron chi connectivity index (χ2n) is 5.34. The van der Waals surface area contributed by atoms with Gasteiger partial charge in [-0.2, -0.15) is 0 Å². The van der Waals surface area contributed by atoms with Crippen LogP contribution in [0.25, 0.3) is 0 Å². The molecule has 1 saturated carbocycles. The summed E-state index contributed by atoms with van der Waals surface area (Å²) in [5.74, 6) is 0.0499. The second kappa shape index (κ2) is 6.50. The van der Waals surface area contributed by atoms with Crippen molar-refractivity contribution in [2.45, 2.75) is 51.5 Å². The van der Waals surface area contributed by atoms with Crippen LogP contribution < -0.4 is 5.32 Å². The van der Waals surface area contributed by atoms with Gasteiger partial charge in [0.1, 0.15) is 0 Å². The summed E-state index contributed by atoms with van der Waals surface area (Å²) in [4.78, 5) is 23.6. The van der Waals surface area contributed by atoms with Crippen LogP contribution in [0.2, 0.25) is 0 Å². The summed E-state index contributed by atoms with van der Waals surface area (Å²) >= 11 is 0. The zero-order valence-corrected chi connectivity index (χ0v) is 11.4. The van der Waals surface area contributed by atoms with E-state index in [0.717, 1.165) is 18.4 Å². The molecular weight excluding hydrogens is 238 g/mol. The minimum Gasteiger partial charge on any atom is -0.353 e. The van der Waals surface area contributed by atoms with Gasteiger partial charge in [0, 0.05) is 24.4 Å². The molecule has 0 aliphatic heterocycles. The molecule has 1 N–H and O–H groups in total. The minimum atomic E-state index is 0.00682. The number of hydrogen-bond donors (Lipinski definition) is 1. The van der Waals surface area contributed by atoms with Crippen LogP contribution in [0, 0.1) is 6.92 Å². The molecule has 102 valence electrons. The van der Waals surface area contributed by atoms with Gasteiger partial charge in [0.25, 0.3) is 0 Å². The number of nitrogens with one attached hydrogen (secondary N) is 1. The zero-order valence-electron chi connectivity index (χ0n) is 11.4. The van der Waals surface area contributed by atoms with Crippen molar-refractivity contribution in [2.75, 3.05) is 0 Å². The van der Waals surface area contributed by atoms with Gasteiger partial charge in [-0.3, -0.25) is 9.59 Å². The Labute approximate surface area is 114 Å². The Morgan fingerprint density at radius 2 is 1.74 bits per heavy atom. The Bertz CT molecular complexity index is 444. The number of aryl methyl sites for hydroxylation is 1. The van der Waals surface area contributed by atoms with E-state index < -0.39 is 0 Å². The number of ketones is 1. The third-order valence-corrected chi connectivity index (χ3v) is 3.67. The largest absolute Gasteiger partial charge is 0.353 e. The van der Waals surface area contributed by atoms with Crippen LogP contribution in [0.15, 0.2) is 24.3 Å². The highest BCUT2D eigenvalue weighted by molar-refractivity contribution is 5.97. The Morgan fingerprint density at radius 1 is 1.11 bits per heavy atom. The fourth-order valence-electron chi connectivity index (χ4n) is 2.48. The number of carbonyl (C=O) groups is 2. The van der Waals surface area contributed by atoms with Gasteiger partial charge in [0.2, 0.25) is 5.91 Å². The van der Waals surface area contributed by atoms with Gasteiger partial charge in [-0.15, -0.1) is 0 Å². The van der Waals surface area contributed by atoms with Gasteiger partial charge in [-0.1, -0.05) is 42.7 Å². The summed E-state index contributed by atoms with van der Waals surface area (Å²) in [6.45, 7) is 1.99. The molecule has 0 bridgehead atoms. The number of rotatable bonds is 5. The molecule has 2 rings (SSSR count). The molecule has 19 heavy (non-hydrogen) atoms. The van der Waals surface area contributed by atoms with E-state index in [1.54, 1.807) is 0 Å². The van der Waals surface area contributed by atoms with Crippen LogP contribution in [-0.2, 0) is 4.79 Å². The fourth-order valence-corrected chi connectivity index (χ4v) is 2.48. The van der Waals surface area contributed by atoms with Crippen LogP contribution in [0.3, 0.4) is 0 Å². The summed E-state index contributed by atoms with van der Waals surface area (Å²) in [5, 5.41) is 3.00. The van der Waals surface area contributed by atoms with Crippen molar-refractivity contribution < 1.29 is 9.59 Å². The zero-order chi connectivity index (χ0) is 13.7. The Morgan fingerprint density at radius 3 is 2.37 bits per heavy atom. The smallest absolute Gasteiger partial charge is 0.220 e. The summed E-state index contributed by atoms with van der Waals surface area (Å²) in [6, 6.07) is 7.83. The first kappa shape index (κ1) is 13.8. The van der Waals surface area contributed by atoms with Gasteiger partial charge < -0.3 is 5.32 Å². The Hall–Kier alpha value is -1.64. The molecule has 1 aliphatic carbocycles. The third-order valence-electron chi connectivity index (χ3n) is 3.67. The molecule has 0 aromatic heterocycles. The minimum absolute atomic E-state index is 0.00682. The molecular formula is C16H21NO2. The maximum absolute atomic E-state index is 11.9. The van der Waals surface area contributed by atoms with Crippen molar-refractivity contribution in [3.63, 3.8) is 0 Å². The van der Waals surface area contributed by atoms with Crippen LogP contribution in [-0.4, -0.2) is 17.7 Å². The SMILES string of the molecule is Cc1ccc(C(=O)CCC(=O)NC2CCCC2)cc1. The topological polar surface area (TPSA) is 46.2 Å². The van der Waals surface area contributed by atoms with Crippen molar-refractivity contribution in [3.8, 4) is 0 Å². The van der Waals surface area contributed by atoms with E-state index in [4.69, 9.17) is 0 Å². The van der Waals surface area contributed by atoms with Crippen molar-refractivity contribution in [3.05, 3.63) is 35.4 Å². The lowest BCUT2D eigenvalue weighted by molar-refractivity contribution is -0.121. The molecule has 3 nitrogen and oxygen atoms in total. The summed E-state index contributed by atoms with van der Waals surface area (Å²) in [6.07, 6.45) is 5.15. The van der Waals surface area contributed by atoms with Crippen molar-refractivity contribution in [1.82, 2.24) is 5.32 Å². The first-order chi connectivity index (χ1) is 9.15. The second-order valence-corrected chi connectivity index (χ2v) is 5.34. The fraction of sp³-hybridized carbons (Fsp3) is 0.500. The molecule has 0 radical (unpaired) electrons. The predicted octanol–water partition coefficient (Wildman–Crippen LogP) is 3.02. The van der Waals surface area contributed by atoms with E-state index >= 15 is 0 Å². The van der Waals surface area contributed by atoms with E-state index in [-0.39, 0.29) is 11.7 Å². The summed E-state index contributed by atoms with van der Waals surface area (Å²) < 4.78 is 0. The first-order valence-corrected chi connectivity index (χ1v) is 7.04. The van der Waals surface area contributed by atoms with E-state index in [1.165, 1.54) is 12.8 Å². The number of Topliss-reactive ketones (excluding diaryl/α,β-unsaturated/α-hetero) is 1. The highest BCUT2D eigenvalue weighted by atomic mass is 16.2. The van der Waals surface area contributed by atoms with E-state index in [9.17, 15) is 9.59 Å². The first-order valence-electron chi connectivity index (χ1n) is 7.04. The van der Waals surface area contributed by atoms with Crippen LogP contribution >= 0.6 is 0 Å². The van der Waals surface area contributed by atoms with Crippen LogP contribution in [0.5, 0.6) is 0 Å².